The van der Waals surface area contributed by atoms with Gasteiger partial charge in [-0.1, -0.05) is 82.1 Å². The van der Waals surface area contributed by atoms with Gasteiger partial charge in [-0.15, -0.1) is 0 Å². The van der Waals surface area contributed by atoms with E-state index in [1.165, 1.54) is 92.0 Å². The average Bonchev–Trinajstić information content (AvgIpc) is 2.60. The highest BCUT2D eigenvalue weighted by atomic mass is 15.0. The first-order valence-corrected chi connectivity index (χ1v) is 9.87. The molecule has 2 rings (SSSR count). The molecule has 0 N–H and O–H groups in total. The molecule has 1 nitrogen and oxygen atoms in total. The fourth-order valence-corrected chi connectivity index (χ4v) is 4.46. The van der Waals surface area contributed by atoms with Crippen molar-refractivity contribution in [1.82, 2.24) is 4.81 Å². The van der Waals surface area contributed by atoms with Crippen LogP contribution in [0.1, 0.15) is 71.1 Å². The fourth-order valence-electron chi connectivity index (χ4n) is 4.46. The van der Waals surface area contributed by atoms with E-state index in [0.29, 0.717) is 5.31 Å². The van der Waals surface area contributed by atoms with Crippen LogP contribution in [0, 0.1) is 0 Å². The lowest BCUT2D eigenvalue weighted by molar-refractivity contribution is 0.350. The molecule has 1 heterocycles. The van der Waals surface area contributed by atoms with Crippen molar-refractivity contribution in [3.05, 3.63) is 0 Å². The van der Waals surface area contributed by atoms with Crippen LogP contribution < -0.4 is 0 Å². The summed E-state index contributed by atoms with van der Waals surface area (Å²) < 4.78 is 0. The third kappa shape index (κ3) is 5.69. The zero-order valence-corrected chi connectivity index (χ0v) is 15.0. The third-order valence-electron chi connectivity index (χ3n) is 6.70. The molecule has 0 aromatic heterocycles. The summed E-state index contributed by atoms with van der Waals surface area (Å²) in [6.45, 7) is 7.52. The Morgan fingerprint density at radius 2 is 1.76 bits per heavy atom. The fraction of sp³-hybridized carbons (Fsp3) is 1.00. The molecule has 118 valence electrons. The van der Waals surface area contributed by atoms with Crippen molar-refractivity contribution >= 4 is 22.5 Å². The number of hydrogen-bond acceptors (Lipinski definition) is 1. The minimum absolute atomic E-state index is 0.637. The summed E-state index contributed by atoms with van der Waals surface area (Å²) in [6, 6.07) is 0. The summed E-state index contributed by atoms with van der Waals surface area (Å²) in [7, 11) is 5.34. The Labute approximate surface area is 135 Å². The first-order valence-electron chi connectivity index (χ1n) is 9.87. The molecule has 0 spiro atoms. The van der Waals surface area contributed by atoms with Gasteiger partial charge in [0.2, 0.25) is 7.41 Å². The lowest BCUT2D eigenvalue weighted by Crippen LogP contribution is -2.38. The van der Waals surface area contributed by atoms with Crippen molar-refractivity contribution in [2.45, 2.75) is 94.9 Å². The van der Waals surface area contributed by atoms with E-state index in [2.05, 4.69) is 26.4 Å². The lowest BCUT2D eigenvalue weighted by Gasteiger charge is -2.34. The molecule has 2 atom stereocenters. The smallest absolute Gasteiger partial charge is 0.207 e. The van der Waals surface area contributed by atoms with Crippen molar-refractivity contribution in [3.8, 4) is 0 Å². The summed E-state index contributed by atoms with van der Waals surface area (Å²) in [5.41, 5.74) is 0. The van der Waals surface area contributed by atoms with E-state index < -0.39 is 0 Å². The molecule has 0 aromatic rings. The van der Waals surface area contributed by atoms with Gasteiger partial charge in [0.15, 0.2) is 0 Å². The van der Waals surface area contributed by atoms with Gasteiger partial charge in [0.05, 0.1) is 0 Å². The highest BCUT2D eigenvalue weighted by Crippen LogP contribution is 2.42. The Morgan fingerprint density at radius 3 is 2.43 bits per heavy atom. The first-order chi connectivity index (χ1) is 10.1. The summed E-state index contributed by atoms with van der Waals surface area (Å²) >= 11 is 0. The van der Waals surface area contributed by atoms with Crippen LogP contribution in [-0.4, -0.2) is 40.4 Å². The second-order valence-corrected chi connectivity index (χ2v) is 8.32. The molecule has 21 heavy (non-hydrogen) atoms. The maximum atomic E-state index is 2.79. The molecule has 2 fully saturated rings. The minimum Gasteiger partial charge on any atom is -0.345 e. The van der Waals surface area contributed by atoms with E-state index in [9.17, 15) is 0 Å². The number of piperidine rings is 1. The van der Waals surface area contributed by atoms with E-state index in [0.717, 1.165) is 11.6 Å². The van der Waals surface area contributed by atoms with Crippen LogP contribution >= 0.6 is 0 Å². The van der Waals surface area contributed by atoms with Crippen molar-refractivity contribution in [1.29, 1.82) is 0 Å². The Bertz CT molecular complexity index is 292. The Kier molecular flexibility index (Phi) is 7.25. The van der Waals surface area contributed by atoms with Gasteiger partial charge in [-0.3, -0.25) is 0 Å². The van der Waals surface area contributed by atoms with E-state index >= 15 is 0 Å². The second-order valence-electron chi connectivity index (χ2n) is 8.32. The summed E-state index contributed by atoms with van der Waals surface area (Å²) in [5.74, 6) is 2.00. The topological polar surface area (TPSA) is 3.24 Å². The maximum absolute atomic E-state index is 2.79. The van der Waals surface area contributed by atoms with Crippen LogP contribution in [0.5, 0.6) is 0 Å². The monoisotopic (exact) mass is 287 g/mol. The number of rotatable bonds is 4. The SMILES string of the molecule is BC1(CC)CCCCCC(BN2CCC(BC)CC2)CC1. The number of hydrogen-bond donors (Lipinski definition) is 0. The van der Waals surface area contributed by atoms with Gasteiger partial charge in [0.1, 0.15) is 15.1 Å². The molecular weight excluding hydrogens is 251 g/mol. The van der Waals surface area contributed by atoms with Gasteiger partial charge >= 0.3 is 0 Å². The summed E-state index contributed by atoms with van der Waals surface area (Å²) in [4.78, 5) is 2.79. The summed E-state index contributed by atoms with van der Waals surface area (Å²) in [6.07, 6.45) is 14.6. The lowest BCUT2D eigenvalue weighted by atomic mass is 9.58. The van der Waals surface area contributed by atoms with Crippen molar-refractivity contribution in [2.75, 3.05) is 13.1 Å². The average molecular weight is 287 g/mol. The predicted octanol–water partition coefficient (Wildman–Crippen LogP) is 3.44. The van der Waals surface area contributed by atoms with Gasteiger partial charge < -0.3 is 4.81 Å². The van der Waals surface area contributed by atoms with Crippen LogP contribution in [0.4, 0.5) is 0 Å². The van der Waals surface area contributed by atoms with Gasteiger partial charge in [-0.05, 0) is 25.9 Å². The standard InChI is InChI=1S/C17H36B3N/c1-3-17(18)11-6-4-5-7-16(8-12-17)20-21-13-9-15(19-2)10-14-21/h15-16,19-20H,3-14,18H2,1-2H3. The van der Waals surface area contributed by atoms with Crippen molar-refractivity contribution in [3.63, 3.8) is 0 Å². The van der Waals surface area contributed by atoms with E-state index in [1.807, 2.05) is 0 Å². The quantitative estimate of drug-likeness (QED) is 0.716. The molecule has 0 aromatic carbocycles. The van der Waals surface area contributed by atoms with Crippen LogP contribution in [0.3, 0.4) is 0 Å². The van der Waals surface area contributed by atoms with Gasteiger partial charge in [-0.2, -0.15) is 0 Å². The zero-order chi connectivity index (χ0) is 15.1. The Hall–Kier alpha value is 0.155. The van der Waals surface area contributed by atoms with Gasteiger partial charge in [-0.25, -0.2) is 0 Å². The molecule has 1 aliphatic heterocycles. The van der Waals surface area contributed by atoms with Crippen LogP contribution in [0.25, 0.3) is 0 Å². The van der Waals surface area contributed by atoms with Gasteiger partial charge in [0, 0.05) is 0 Å². The molecular formula is C17H36B3N. The molecule has 0 bridgehead atoms. The molecule has 1 saturated heterocycles. The minimum atomic E-state index is 0.637. The molecule has 0 amide bonds. The Balaban J connectivity index is 1.81. The van der Waals surface area contributed by atoms with Crippen LogP contribution in [-0.2, 0) is 0 Å². The third-order valence-corrected chi connectivity index (χ3v) is 6.70. The van der Waals surface area contributed by atoms with E-state index in [4.69, 9.17) is 0 Å². The predicted molar refractivity (Wildman–Crippen MR) is 102 cm³/mol. The first kappa shape index (κ1) is 17.5. The largest absolute Gasteiger partial charge is 0.345 e. The van der Waals surface area contributed by atoms with Crippen LogP contribution in [0.15, 0.2) is 0 Å². The molecule has 2 aliphatic rings. The number of nitrogens with zero attached hydrogens (tertiary/aromatic N) is 1. The highest BCUT2D eigenvalue weighted by Gasteiger charge is 2.27. The molecule has 4 heteroatoms. The van der Waals surface area contributed by atoms with Crippen LogP contribution in [0.2, 0.25) is 23.8 Å². The summed E-state index contributed by atoms with van der Waals surface area (Å²) in [5, 5.41) is 0.637. The van der Waals surface area contributed by atoms with Crippen molar-refractivity contribution in [2.24, 2.45) is 0 Å². The van der Waals surface area contributed by atoms with Crippen molar-refractivity contribution < 1.29 is 0 Å². The van der Waals surface area contributed by atoms with Gasteiger partial charge in [0.25, 0.3) is 0 Å². The van der Waals surface area contributed by atoms with E-state index in [1.54, 1.807) is 0 Å². The Morgan fingerprint density at radius 1 is 1.00 bits per heavy atom. The molecule has 1 aliphatic carbocycles. The van der Waals surface area contributed by atoms with E-state index in [-0.39, 0.29) is 0 Å². The molecule has 1 saturated carbocycles. The highest BCUT2D eigenvalue weighted by molar-refractivity contribution is 6.36. The molecule has 2 unspecified atom stereocenters. The normalized spacial score (nSPS) is 33.7. The molecule has 0 radical (unpaired) electrons. The second kappa shape index (κ2) is 8.70. The maximum Gasteiger partial charge on any atom is 0.207 e. The zero-order valence-electron chi connectivity index (χ0n) is 15.0.